The van der Waals surface area contributed by atoms with Crippen LogP contribution in [-0.2, 0) is 9.84 Å². The van der Waals surface area contributed by atoms with Crippen LogP contribution in [0.15, 0.2) is 0 Å². The van der Waals surface area contributed by atoms with Crippen molar-refractivity contribution >= 4 is 9.84 Å². The summed E-state index contributed by atoms with van der Waals surface area (Å²) in [4.78, 5) is 0. The summed E-state index contributed by atoms with van der Waals surface area (Å²) in [7, 11) is -2.69. The molecule has 0 amide bonds. The molecule has 3 nitrogen and oxygen atoms in total. The summed E-state index contributed by atoms with van der Waals surface area (Å²) < 4.78 is 22.6. The van der Waals surface area contributed by atoms with Crippen molar-refractivity contribution in [2.75, 3.05) is 24.6 Å². The molecular formula is C8H15NO2S. The van der Waals surface area contributed by atoms with Crippen LogP contribution in [0.5, 0.6) is 0 Å². The quantitative estimate of drug-likeness (QED) is 0.591. The lowest BCUT2D eigenvalue weighted by molar-refractivity contribution is 0.244. The first kappa shape index (κ1) is 8.51. The van der Waals surface area contributed by atoms with E-state index in [9.17, 15) is 8.42 Å². The standard InChI is InChI=1S/C8H15NO2S/c10-12(11)5-3-8(7-12)2-1-4-9-6-8/h9H,1-7H2. The minimum absolute atomic E-state index is 0.108. The predicted molar refractivity (Wildman–Crippen MR) is 47.8 cm³/mol. The van der Waals surface area contributed by atoms with Crippen molar-refractivity contribution in [3.63, 3.8) is 0 Å². The van der Waals surface area contributed by atoms with Crippen LogP contribution in [-0.4, -0.2) is 33.0 Å². The van der Waals surface area contributed by atoms with E-state index >= 15 is 0 Å². The van der Waals surface area contributed by atoms with Gasteiger partial charge in [0.1, 0.15) is 0 Å². The monoisotopic (exact) mass is 189 g/mol. The van der Waals surface area contributed by atoms with E-state index in [4.69, 9.17) is 0 Å². The van der Waals surface area contributed by atoms with E-state index in [1.165, 1.54) is 0 Å². The Balaban J connectivity index is 2.13. The van der Waals surface area contributed by atoms with E-state index in [1.54, 1.807) is 0 Å². The summed E-state index contributed by atoms with van der Waals surface area (Å²) in [6.07, 6.45) is 3.11. The Labute approximate surface area is 73.5 Å². The number of hydrogen-bond donors (Lipinski definition) is 1. The highest BCUT2D eigenvalue weighted by Crippen LogP contribution is 2.37. The van der Waals surface area contributed by atoms with Crippen molar-refractivity contribution in [3.8, 4) is 0 Å². The fraction of sp³-hybridized carbons (Fsp3) is 1.00. The summed E-state index contributed by atoms with van der Waals surface area (Å²) in [6.45, 7) is 1.97. The fourth-order valence-electron chi connectivity index (χ4n) is 2.35. The van der Waals surface area contributed by atoms with Crippen LogP contribution in [0.25, 0.3) is 0 Å². The predicted octanol–water partition coefficient (Wildman–Crippen LogP) is 0.175. The third kappa shape index (κ3) is 1.50. The molecule has 2 heterocycles. The fourth-order valence-corrected chi connectivity index (χ4v) is 4.56. The third-order valence-electron chi connectivity index (χ3n) is 3.03. The van der Waals surface area contributed by atoms with Gasteiger partial charge in [-0.15, -0.1) is 0 Å². The van der Waals surface area contributed by atoms with Gasteiger partial charge in [-0.3, -0.25) is 0 Å². The molecule has 2 saturated heterocycles. The Kier molecular flexibility index (Phi) is 1.92. The molecule has 4 heteroatoms. The van der Waals surface area contributed by atoms with Gasteiger partial charge in [0.25, 0.3) is 0 Å². The molecule has 0 bridgehead atoms. The molecule has 2 aliphatic rings. The highest BCUT2D eigenvalue weighted by molar-refractivity contribution is 7.91. The van der Waals surface area contributed by atoms with E-state index in [-0.39, 0.29) is 5.41 Å². The van der Waals surface area contributed by atoms with E-state index in [2.05, 4.69) is 5.32 Å². The molecule has 2 aliphatic heterocycles. The average molecular weight is 189 g/mol. The second-order valence-electron chi connectivity index (χ2n) is 4.12. The molecule has 2 rings (SSSR count). The Morgan fingerprint density at radius 1 is 1.25 bits per heavy atom. The largest absolute Gasteiger partial charge is 0.316 e. The van der Waals surface area contributed by atoms with Crippen molar-refractivity contribution in [1.29, 1.82) is 0 Å². The van der Waals surface area contributed by atoms with Gasteiger partial charge in [0, 0.05) is 6.54 Å². The van der Waals surface area contributed by atoms with Gasteiger partial charge in [0.2, 0.25) is 0 Å². The lowest BCUT2D eigenvalue weighted by Crippen LogP contribution is -2.40. The number of hydrogen-bond acceptors (Lipinski definition) is 3. The molecule has 70 valence electrons. The van der Waals surface area contributed by atoms with Crippen molar-refractivity contribution in [2.45, 2.75) is 19.3 Å². The van der Waals surface area contributed by atoms with Gasteiger partial charge in [0.15, 0.2) is 9.84 Å². The van der Waals surface area contributed by atoms with Crippen molar-refractivity contribution < 1.29 is 8.42 Å². The number of nitrogens with one attached hydrogen (secondary N) is 1. The van der Waals surface area contributed by atoms with Crippen molar-refractivity contribution in [1.82, 2.24) is 5.32 Å². The second kappa shape index (κ2) is 2.70. The Hall–Kier alpha value is -0.0900. The highest BCUT2D eigenvalue weighted by atomic mass is 32.2. The lowest BCUT2D eigenvalue weighted by Gasteiger charge is -2.32. The van der Waals surface area contributed by atoms with Crippen molar-refractivity contribution in [2.24, 2.45) is 5.41 Å². The van der Waals surface area contributed by atoms with Crippen LogP contribution in [0.2, 0.25) is 0 Å². The zero-order valence-corrected chi connectivity index (χ0v) is 7.99. The molecule has 2 fully saturated rings. The smallest absolute Gasteiger partial charge is 0.150 e. The molecule has 0 saturated carbocycles. The SMILES string of the molecule is O=S1(=O)CCC2(CCCNC2)C1. The lowest BCUT2D eigenvalue weighted by atomic mass is 9.80. The van der Waals surface area contributed by atoms with Gasteiger partial charge >= 0.3 is 0 Å². The first-order valence-electron chi connectivity index (χ1n) is 4.53. The molecular weight excluding hydrogens is 174 g/mol. The highest BCUT2D eigenvalue weighted by Gasteiger charge is 2.42. The molecule has 1 atom stereocenters. The van der Waals surface area contributed by atoms with Crippen LogP contribution < -0.4 is 5.32 Å². The molecule has 0 aromatic heterocycles. The summed E-state index contributed by atoms with van der Waals surface area (Å²) >= 11 is 0. The van der Waals surface area contributed by atoms with E-state index in [1.807, 2.05) is 0 Å². The zero-order chi connectivity index (χ0) is 8.66. The summed E-state index contributed by atoms with van der Waals surface area (Å²) in [5.74, 6) is 0.835. The molecule has 1 N–H and O–H groups in total. The Morgan fingerprint density at radius 2 is 2.08 bits per heavy atom. The van der Waals surface area contributed by atoms with Gasteiger partial charge in [0.05, 0.1) is 11.5 Å². The first-order valence-corrected chi connectivity index (χ1v) is 6.35. The van der Waals surface area contributed by atoms with Gasteiger partial charge < -0.3 is 5.32 Å². The minimum atomic E-state index is -2.69. The first-order chi connectivity index (χ1) is 5.62. The zero-order valence-electron chi connectivity index (χ0n) is 7.17. The second-order valence-corrected chi connectivity index (χ2v) is 6.31. The van der Waals surface area contributed by atoms with Gasteiger partial charge in [-0.25, -0.2) is 8.42 Å². The molecule has 0 aromatic carbocycles. The number of piperidine rings is 1. The van der Waals surface area contributed by atoms with Crippen LogP contribution in [0, 0.1) is 5.41 Å². The molecule has 1 unspecified atom stereocenters. The molecule has 1 spiro atoms. The van der Waals surface area contributed by atoms with Crippen LogP contribution in [0.3, 0.4) is 0 Å². The minimum Gasteiger partial charge on any atom is -0.316 e. The average Bonchev–Trinajstić information content (AvgIpc) is 2.29. The Morgan fingerprint density at radius 3 is 2.58 bits per heavy atom. The summed E-state index contributed by atoms with van der Waals surface area (Å²) in [5, 5.41) is 3.29. The Bertz CT molecular complexity index is 265. The summed E-state index contributed by atoms with van der Waals surface area (Å²) in [5.41, 5.74) is 0.108. The van der Waals surface area contributed by atoms with Crippen LogP contribution in [0.1, 0.15) is 19.3 Å². The van der Waals surface area contributed by atoms with Gasteiger partial charge in [-0.1, -0.05) is 0 Å². The van der Waals surface area contributed by atoms with Crippen LogP contribution >= 0.6 is 0 Å². The van der Waals surface area contributed by atoms with Gasteiger partial charge in [-0.2, -0.15) is 0 Å². The maximum atomic E-state index is 11.3. The normalized spacial score (nSPS) is 40.3. The van der Waals surface area contributed by atoms with Gasteiger partial charge in [-0.05, 0) is 31.2 Å². The van der Waals surface area contributed by atoms with E-state index in [0.29, 0.717) is 11.5 Å². The molecule has 12 heavy (non-hydrogen) atoms. The molecule has 0 radical (unpaired) electrons. The number of sulfone groups is 1. The maximum absolute atomic E-state index is 11.3. The van der Waals surface area contributed by atoms with E-state index < -0.39 is 9.84 Å². The third-order valence-corrected chi connectivity index (χ3v) is 4.91. The molecule has 0 aliphatic carbocycles. The van der Waals surface area contributed by atoms with Crippen molar-refractivity contribution in [3.05, 3.63) is 0 Å². The van der Waals surface area contributed by atoms with E-state index in [0.717, 1.165) is 32.4 Å². The topological polar surface area (TPSA) is 46.2 Å². The summed E-state index contributed by atoms with van der Waals surface area (Å²) in [6, 6.07) is 0. The number of rotatable bonds is 0. The van der Waals surface area contributed by atoms with Crippen LogP contribution in [0.4, 0.5) is 0 Å². The maximum Gasteiger partial charge on any atom is 0.150 e. The molecule has 0 aromatic rings.